The van der Waals surface area contributed by atoms with Crippen LogP contribution >= 0.6 is 0 Å². The maximum Gasteiger partial charge on any atom is 0.272 e. The summed E-state index contributed by atoms with van der Waals surface area (Å²) in [6.45, 7) is 1.65. The smallest absolute Gasteiger partial charge is 0.272 e. The molecule has 0 unspecified atom stereocenters. The van der Waals surface area contributed by atoms with Crippen LogP contribution in [0.25, 0.3) is 6.08 Å². The molecule has 2 aromatic rings. The Morgan fingerprint density at radius 1 is 1.26 bits per heavy atom. The maximum atomic E-state index is 12.1. The van der Waals surface area contributed by atoms with Crippen LogP contribution < -0.4 is 4.74 Å². The molecular formula is C17H15NO5. The minimum absolute atomic E-state index is 0.00546. The first-order chi connectivity index (χ1) is 10.9. The zero-order valence-electron chi connectivity index (χ0n) is 12.6. The van der Waals surface area contributed by atoms with Gasteiger partial charge < -0.3 is 9.84 Å². The third-order valence-electron chi connectivity index (χ3n) is 3.32. The van der Waals surface area contributed by atoms with Crippen molar-refractivity contribution in [2.24, 2.45) is 0 Å². The van der Waals surface area contributed by atoms with Crippen LogP contribution in [0.3, 0.4) is 0 Å². The fourth-order valence-electron chi connectivity index (χ4n) is 2.03. The van der Waals surface area contributed by atoms with Crippen LogP contribution in [-0.2, 0) is 0 Å². The Bertz CT molecular complexity index is 796. The van der Waals surface area contributed by atoms with Crippen LogP contribution in [-0.4, -0.2) is 22.9 Å². The lowest BCUT2D eigenvalue weighted by Gasteiger charge is -2.04. The number of nitro groups is 1. The minimum atomic E-state index is -0.459. The molecule has 0 aromatic heterocycles. The van der Waals surface area contributed by atoms with E-state index in [1.165, 1.54) is 43.5 Å². The number of phenols is 1. The molecule has 2 aromatic carbocycles. The summed E-state index contributed by atoms with van der Waals surface area (Å²) in [5.41, 5.74) is 1.46. The average molecular weight is 313 g/mol. The van der Waals surface area contributed by atoms with E-state index < -0.39 is 4.92 Å². The molecule has 6 nitrogen and oxygen atoms in total. The van der Waals surface area contributed by atoms with E-state index in [1.807, 2.05) is 0 Å². The first-order valence-corrected chi connectivity index (χ1v) is 6.77. The van der Waals surface area contributed by atoms with Crippen molar-refractivity contribution < 1.29 is 19.6 Å². The Labute approximate surface area is 132 Å². The molecule has 2 rings (SSSR count). The maximum absolute atomic E-state index is 12.1. The van der Waals surface area contributed by atoms with E-state index in [1.54, 1.807) is 19.1 Å². The number of ketones is 1. The third kappa shape index (κ3) is 3.74. The largest absolute Gasteiger partial charge is 0.504 e. The first kappa shape index (κ1) is 16.2. The van der Waals surface area contributed by atoms with E-state index in [4.69, 9.17) is 4.74 Å². The zero-order chi connectivity index (χ0) is 17.0. The lowest BCUT2D eigenvalue weighted by molar-refractivity contribution is -0.385. The molecule has 23 heavy (non-hydrogen) atoms. The van der Waals surface area contributed by atoms with E-state index in [2.05, 4.69) is 0 Å². The number of rotatable bonds is 5. The van der Waals surface area contributed by atoms with Gasteiger partial charge in [0, 0.05) is 17.2 Å². The number of allylic oxidation sites excluding steroid dienone is 1. The van der Waals surface area contributed by atoms with E-state index in [-0.39, 0.29) is 23.0 Å². The van der Waals surface area contributed by atoms with Crippen molar-refractivity contribution in [3.05, 3.63) is 69.3 Å². The quantitative estimate of drug-likeness (QED) is 0.395. The summed E-state index contributed by atoms with van der Waals surface area (Å²) in [7, 11) is 1.39. The normalized spacial score (nSPS) is 10.7. The number of ether oxygens (including phenoxy) is 1. The summed E-state index contributed by atoms with van der Waals surface area (Å²) < 4.78 is 4.95. The van der Waals surface area contributed by atoms with Crippen molar-refractivity contribution in [2.75, 3.05) is 7.11 Å². The Hall–Kier alpha value is -3.15. The number of benzene rings is 2. The summed E-state index contributed by atoms with van der Waals surface area (Å²) in [5, 5.41) is 20.4. The number of carbonyl (C=O) groups excluding carboxylic acids is 1. The molecule has 0 heterocycles. The number of phenolic OH excluding ortho intramolecular Hbond substituents is 1. The standard InChI is InChI=1S/C17H15NO5/c1-11-3-4-12(9-14(11)18(21)22)5-7-15(19)13-6-8-16(20)17(10-13)23-2/h3-10,20H,1-2H3/b7-5+. The molecule has 0 aliphatic rings. The van der Waals surface area contributed by atoms with Gasteiger partial charge in [-0.05, 0) is 36.8 Å². The fourth-order valence-corrected chi connectivity index (χ4v) is 2.03. The zero-order valence-corrected chi connectivity index (χ0v) is 12.6. The van der Waals surface area contributed by atoms with Crippen LogP contribution in [0.1, 0.15) is 21.5 Å². The Kier molecular flexibility index (Phi) is 4.75. The predicted molar refractivity (Wildman–Crippen MR) is 85.9 cm³/mol. The summed E-state index contributed by atoms with van der Waals surface area (Å²) in [6.07, 6.45) is 2.83. The fraction of sp³-hybridized carbons (Fsp3) is 0.118. The topological polar surface area (TPSA) is 89.7 Å². The van der Waals surface area contributed by atoms with Gasteiger partial charge in [0.05, 0.1) is 12.0 Å². The van der Waals surface area contributed by atoms with Crippen molar-refractivity contribution in [3.8, 4) is 11.5 Å². The van der Waals surface area contributed by atoms with Gasteiger partial charge >= 0.3 is 0 Å². The molecular weight excluding hydrogens is 298 g/mol. The van der Waals surface area contributed by atoms with Crippen molar-refractivity contribution >= 4 is 17.5 Å². The van der Waals surface area contributed by atoms with Gasteiger partial charge in [0.25, 0.3) is 5.69 Å². The summed E-state index contributed by atoms with van der Waals surface area (Å²) in [6, 6.07) is 9.02. The monoisotopic (exact) mass is 313 g/mol. The average Bonchev–Trinajstić information content (AvgIpc) is 2.54. The van der Waals surface area contributed by atoms with Crippen LogP contribution in [0.2, 0.25) is 0 Å². The number of aryl methyl sites for hydroxylation is 1. The molecule has 0 bridgehead atoms. The highest BCUT2D eigenvalue weighted by Gasteiger charge is 2.11. The van der Waals surface area contributed by atoms with Gasteiger partial charge in [0.2, 0.25) is 0 Å². The molecule has 0 aliphatic heterocycles. The lowest BCUT2D eigenvalue weighted by atomic mass is 10.1. The van der Waals surface area contributed by atoms with Gasteiger partial charge in [-0.1, -0.05) is 18.2 Å². The van der Waals surface area contributed by atoms with Crippen LogP contribution in [0, 0.1) is 17.0 Å². The van der Waals surface area contributed by atoms with E-state index in [9.17, 15) is 20.0 Å². The van der Waals surface area contributed by atoms with E-state index in [0.29, 0.717) is 16.7 Å². The summed E-state index contributed by atoms with van der Waals surface area (Å²) in [4.78, 5) is 22.6. The molecule has 0 spiro atoms. The van der Waals surface area contributed by atoms with Crippen LogP contribution in [0.15, 0.2) is 42.5 Å². The molecule has 0 radical (unpaired) electrons. The predicted octanol–water partition coefficient (Wildman–Crippen LogP) is 3.51. The molecule has 118 valence electrons. The van der Waals surface area contributed by atoms with Crippen molar-refractivity contribution in [3.63, 3.8) is 0 Å². The highest BCUT2D eigenvalue weighted by Crippen LogP contribution is 2.26. The second kappa shape index (κ2) is 6.74. The highest BCUT2D eigenvalue weighted by molar-refractivity contribution is 6.07. The van der Waals surface area contributed by atoms with E-state index >= 15 is 0 Å². The Morgan fingerprint density at radius 2 is 2.00 bits per heavy atom. The number of hydrogen-bond donors (Lipinski definition) is 1. The number of nitro benzene ring substituents is 1. The Morgan fingerprint density at radius 3 is 2.65 bits per heavy atom. The van der Waals surface area contributed by atoms with E-state index in [0.717, 1.165) is 0 Å². The van der Waals surface area contributed by atoms with Gasteiger partial charge in [-0.25, -0.2) is 0 Å². The van der Waals surface area contributed by atoms with Crippen LogP contribution in [0.4, 0.5) is 5.69 Å². The summed E-state index contributed by atoms with van der Waals surface area (Å²) in [5.74, 6) is -0.149. The SMILES string of the molecule is COc1cc(C(=O)/C=C/c2ccc(C)c([N+](=O)[O-])c2)ccc1O. The molecule has 0 saturated carbocycles. The summed E-state index contributed by atoms with van der Waals surface area (Å²) >= 11 is 0. The number of hydrogen-bond acceptors (Lipinski definition) is 5. The number of nitrogens with zero attached hydrogens (tertiary/aromatic N) is 1. The second-order valence-corrected chi connectivity index (χ2v) is 4.89. The highest BCUT2D eigenvalue weighted by atomic mass is 16.6. The van der Waals surface area contributed by atoms with Gasteiger partial charge in [-0.2, -0.15) is 0 Å². The molecule has 0 atom stereocenters. The number of methoxy groups -OCH3 is 1. The second-order valence-electron chi connectivity index (χ2n) is 4.89. The number of carbonyl (C=O) groups is 1. The molecule has 1 N–H and O–H groups in total. The molecule has 0 fully saturated rings. The van der Waals surface area contributed by atoms with Crippen molar-refractivity contribution in [2.45, 2.75) is 6.92 Å². The van der Waals surface area contributed by atoms with Gasteiger partial charge in [0.1, 0.15) is 0 Å². The molecule has 0 amide bonds. The molecule has 6 heteroatoms. The van der Waals surface area contributed by atoms with Gasteiger partial charge in [-0.15, -0.1) is 0 Å². The number of aromatic hydroxyl groups is 1. The van der Waals surface area contributed by atoms with Gasteiger partial charge in [-0.3, -0.25) is 14.9 Å². The van der Waals surface area contributed by atoms with Crippen molar-refractivity contribution in [1.29, 1.82) is 0 Å². The first-order valence-electron chi connectivity index (χ1n) is 6.77. The lowest BCUT2D eigenvalue weighted by Crippen LogP contribution is -1.96. The molecule has 0 aliphatic carbocycles. The minimum Gasteiger partial charge on any atom is -0.504 e. The Balaban J connectivity index is 2.25. The van der Waals surface area contributed by atoms with Crippen LogP contribution in [0.5, 0.6) is 11.5 Å². The van der Waals surface area contributed by atoms with Gasteiger partial charge in [0.15, 0.2) is 17.3 Å². The van der Waals surface area contributed by atoms with Crippen molar-refractivity contribution in [1.82, 2.24) is 0 Å². The molecule has 0 saturated heterocycles. The third-order valence-corrected chi connectivity index (χ3v) is 3.32.